The number of esters is 1. The van der Waals surface area contributed by atoms with E-state index in [-0.39, 0.29) is 35.9 Å². The molecule has 0 aliphatic carbocycles. The highest BCUT2D eigenvalue weighted by atomic mass is 32.2. The van der Waals surface area contributed by atoms with Gasteiger partial charge in [-0.05, 0) is 64.3 Å². The SMILES string of the molecule is C[C@H](OC(=O)CCNS(=O)(=O)c1ccc(F)cc1)C(=O)N1[C@H](C)CCC[C@H]1C. The van der Waals surface area contributed by atoms with Crippen molar-refractivity contribution in [3.8, 4) is 0 Å². The molecule has 0 aromatic heterocycles. The molecule has 1 fully saturated rings. The second-order valence-electron chi connectivity index (χ2n) is 7.11. The number of halogens is 1. The lowest BCUT2D eigenvalue weighted by Crippen LogP contribution is -2.51. The molecule has 3 atom stereocenters. The summed E-state index contributed by atoms with van der Waals surface area (Å²) in [6.45, 7) is 5.30. The maximum atomic E-state index is 12.9. The summed E-state index contributed by atoms with van der Waals surface area (Å²) >= 11 is 0. The zero-order chi connectivity index (χ0) is 20.9. The average Bonchev–Trinajstić information content (AvgIpc) is 2.61. The van der Waals surface area contributed by atoms with Gasteiger partial charge < -0.3 is 9.64 Å². The standard InChI is InChI=1S/C19H27FN2O5S/c1-13-5-4-6-14(2)22(13)19(24)15(3)27-18(23)11-12-21-28(25,26)17-9-7-16(20)8-10-17/h7-10,13-15,21H,4-6,11-12H2,1-3H3/t13-,14-,15+/m1/s1. The Hall–Kier alpha value is -2.00. The highest BCUT2D eigenvalue weighted by Gasteiger charge is 2.33. The molecule has 1 N–H and O–H groups in total. The van der Waals surface area contributed by atoms with E-state index in [4.69, 9.17) is 4.74 Å². The minimum absolute atomic E-state index is 0.0971. The van der Waals surface area contributed by atoms with Gasteiger partial charge in [0, 0.05) is 18.6 Å². The number of hydrogen-bond donors (Lipinski definition) is 1. The van der Waals surface area contributed by atoms with Crippen LogP contribution in [0.1, 0.15) is 46.5 Å². The van der Waals surface area contributed by atoms with Crippen LogP contribution >= 0.6 is 0 Å². The average molecular weight is 414 g/mol. The Morgan fingerprint density at radius 2 is 1.79 bits per heavy atom. The van der Waals surface area contributed by atoms with E-state index in [1.807, 2.05) is 13.8 Å². The highest BCUT2D eigenvalue weighted by Crippen LogP contribution is 2.23. The van der Waals surface area contributed by atoms with Gasteiger partial charge in [0.05, 0.1) is 11.3 Å². The Morgan fingerprint density at radius 1 is 1.21 bits per heavy atom. The smallest absolute Gasteiger partial charge is 0.307 e. The van der Waals surface area contributed by atoms with Crippen LogP contribution in [0.15, 0.2) is 29.2 Å². The van der Waals surface area contributed by atoms with Crippen molar-refractivity contribution in [2.24, 2.45) is 0 Å². The van der Waals surface area contributed by atoms with Crippen molar-refractivity contribution in [2.45, 2.75) is 69.5 Å². The number of nitrogens with zero attached hydrogens (tertiary/aromatic N) is 1. The number of carbonyl (C=O) groups excluding carboxylic acids is 2. The fourth-order valence-corrected chi connectivity index (χ4v) is 4.39. The number of carbonyl (C=O) groups is 2. The summed E-state index contributed by atoms with van der Waals surface area (Å²) < 4.78 is 44.5. The van der Waals surface area contributed by atoms with Gasteiger partial charge in [0.15, 0.2) is 6.10 Å². The van der Waals surface area contributed by atoms with Gasteiger partial charge in [0.1, 0.15) is 5.82 Å². The molecule has 0 bridgehead atoms. The zero-order valence-electron chi connectivity index (χ0n) is 16.4. The molecular formula is C19H27FN2O5S. The molecule has 1 amide bonds. The van der Waals surface area contributed by atoms with E-state index < -0.39 is 27.9 Å². The van der Waals surface area contributed by atoms with Crippen LogP contribution in [-0.2, 0) is 24.3 Å². The largest absolute Gasteiger partial charge is 0.452 e. The van der Waals surface area contributed by atoms with E-state index >= 15 is 0 Å². The normalized spacial score (nSPS) is 21.2. The van der Waals surface area contributed by atoms with Crippen LogP contribution in [0.2, 0.25) is 0 Å². The lowest BCUT2D eigenvalue weighted by Gasteiger charge is -2.40. The fraction of sp³-hybridized carbons (Fsp3) is 0.579. The summed E-state index contributed by atoms with van der Waals surface area (Å²) in [5.74, 6) is -1.45. The fourth-order valence-electron chi connectivity index (χ4n) is 3.36. The first-order valence-electron chi connectivity index (χ1n) is 9.38. The second kappa shape index (κ2) is 9.47. The molecule has 1 aliphatic heterocycles. The third kappa shape index (κ3) is 5.75. The van der Waals surface area contributed by atoms with E-state index in [9.17, 15) is 22.4 Å². The Kier molecular flexibility index (Phi) is 7.54. The van der Waals surface area contributed by atoms with Crippen LogP contribution in [0.5, 0.6) is 0 Å². The minimum atomic E-state index is -3.85. The number of rotatable bonds is 7. The first-order chi connectivity index (χ1) is 13.1. The van der Waals surface area contributed by atoms with Crippen molar-refractivity contribution >= 4 is 21.9 Å². The second-order valence-corrected chi connectivity index (χ2v) is 8.88. The summed E-state index contributed by atoms with van der Waals surface area (Å²) in [7, 11) is -3.85. The van der Waals surface area contributed by atoms with Crippen molar-refractivity contribution in [1.82, 2.24) is 9.62 Å². The number of ether oxygens (including phenoxy) is 1. The Labute approximate surface area is 165 Å². The van der Waals surface area contributed by atoms with Gasteiger partial charge >= 0.3 is 5.97 Å². The van der Waals surface area contributed by atoms with Crippen molar-refractivity contribution in [3.05, 3.63) is 30.1 Å². The molecule has 0 radical (unpaired) electrons. The van der Waals surface area contributed by atoms with Gasteiger partial charge in [-0.3, -0.25) is 9.59 Å². The van der Waals surface area contributed by atoms with Gasteiger partial charge in [-0.15, -0.1) is 0 Å². The maximum Gasteiger partial charge on any atom is 0.307 e. The molecule has 1 aromatic carbocycles. The first kappa shape index (κ1) is 22.3. The first-order valence-corrected chi connectivity index (χ1v) is 10.9. The Balaban J connectivity index is 1.83. The van der Waals surface area contributed by atoms with Gasteiger partial charge in [0.25, 0.3) is 5.91 Å². The summed E-state index contributed by atoms with van der Waals surface area (Å²) in [6.07, 6.45) is 1.76. The molecule has 28 heavy (non-hydrogen) atoms. The molecule has 1 heterocycles. The van der Waals surface area contributed by atoms with Crippen LogP contribution in [0.3, 0.4) is 0 Å². The number of likely N-dealkylation sites (tertiary alicyclic amines) is 1. The van der Waals surface area contributed by atoms with Gasteiger partial charge in [-0.2, -0.15) is 0 Å². The summed E-state index contributed by atoms with van der Waals surface area (Å²) in [5, 5.41) is 0. The molecule has 1 aromatic rings. The summed E-state index contributed by atoms with van der Waals surface area (Å²) in [5.41, 5.74) is 0. The molecule has 7 nitrogen and oxygen atoms in total. The molecular weight excluding hydrogens is 387 g/mol. The van der Waals surface area contributed by atoms with Crippen LogP contribution in [0.25, 0.3) is 0 Å². The molecule has 0 spiro atoms. The van der Waals surface area contributed by atoms with E-state index in [0.717, 1.165) is 43.5 Å². The molecule has 1 aliphatic rings. The summed E-state index contributed by atoms with van der Waals surface area (Å²) in [4.78, 5) is 26.3. The lowest BCUT2D eigenvalue weighted by atomic mass is 9.97. The third-order valence-corrected chi connectivity index (χ3v) is 6.33. The van der Waals surface area contributed by atoms with Crippen molar-refractivity contribution in [1.29, 1.82) is 0 Å². The number of piperidine rings is 1. The zero-order valence-corrected chi connectivity index (χ0v) is 17.2. The van der Waals surface area contributed by atoms with E-state index in [1.54, 1.807) is 4.90 Å². The number of amides is 1. The maximum absolute atomic E-state index is 12.9. The van der Waals surface area contributed by atoms with Crippen LogP contribution in [-0.4, -0.2) is 49.9 Å². The van der Waals surface area contributed by atoms with Crippen molar-refractivity contribution in [3.63, 3.8) is 0 Å². The van der Waals surface area contributed by atoms with Crippen LogP contribution in [0, 0.1) is 5.82 Å². The molecule has 9 heteroatoms. The molecule has 156 valence electrons. The summed E-state index contributed by atoms with van der Waals surface area (Å²) in [6, 6.07) is 4.55. The predicted molar refractivity (Wildman–Crippen MR) is 101 cm³/mol. The minimum Gasteiger partial charge on any atom is -0.452 e. The molecule has 2 rings (SSSR count). The van der Waals surface area contributed by atoms with E-state index in [2.05, 4.69) is 4.72 Å². The van der Waals surface area contributed by atoms with Crippen molar-refractivity contribution < 1.29 is 27.1 Å². The molecule has 1 saturated heterocycles. The quantitative estimate of drug-likeness (QED) is 0.691. The molecule has 0 saturated carbocycles. The highest BCUT2D eigenvalue weighted by molar-refractivity contribution is 7.89. The molecule has 0 unspecified atom stereocenters. The predicted octanol–water partition coefficient (Wildman–Crippen LogP) is 2.22. The Morgan fingerprint density at radius 3 is 2.36 bits per heavy atom. The lowest BCUT2D eigenvalue weighted by molar-refractivity contribution is -0.162. The number of hydrogen-bond acceptors (Lipinski definition) is 5. The Bertz CT molecular complexity index is 787. The van der Waals surface area contributed by atoms with Crippen molar-refractivity contribution in [2.75, 3.05) is 6.54 Å². The van der Waals surface area contributed by atoms with Crippen LogP contribution < -0.4 is 4.72 Å². The van der Waals surface area contributed by atoms with Crippen LogP contribution in [0.4, 0.5) is 4.39 Å². The number of nitrogens with one attached hydrogen (secondary N) is 1. The van der Waals surface area contributed by atoms with Gasteiger partial charge in [-0.25, -0.2) is 17.5 Å². The number of sulfonamides is 1. The number of benzene rings is 1. The van der Waals surface area contributed by atoms with E-state index in [1.165, 1.54) is 6.92 Å². The monoisotopic (exact) mass is 414 g/mol. The van der Waals surface area contributed by atoms with Gasteiger partial charge in [0.2, 0.25) is 10.0 Å². The third-order valence-electron chi connectivity index (χ3n) is 4.85. The van der Waals surface area contributed by atoms with Gasteiger partial charge in [-0.1, -0.05) is 0 Å². The van der Waals surface area contributed by atoms with E-state index in [0.29, 0.717) is 0 Å². The topological polar surface area (TPSA) is 92.8 Å².